The van der Waals surface area contributed by atoms with Crippen molar-refractivity contribution in [2.75, 3.05) is 14.2 Å². The van der Waals surface area contributed by atoms with Crippen molar-refractivity contribution >= 4 is 67.2 Å². The van der Waals surface area contributed by atoms with Gasteiger partial charge < -0.3 is 14.2 Å². The molecule has 0 fully saturated rings. The molecule has 6 nitrogen and oxygen atoms in total. The van der Waals surface area contributed by atoms with Crippen molar-refractivity contribution in [3.8, 4) is 17.2 Å². The molecule has 3 aromatic rings. The summed E-state index contributed by atoms with van der Waals surface area (Å²) in [5.41, 5.74) is 4.37. The number of nitrogens with zero attached hydrogens (tertiary/aromatic N) is 1. The number of hydrogen-bond donors (Lipinski definition) is 1. The molecule has 0 aliphatic heterocycles. The number of benzene rings is 3. The predicted octanol–water partition coefficient (Wildman–Crippen LogP) is 6.88. The number of rotatable bonds is 8. The average Bonchev–Trinajstić information content (AvgIpc) is 2.82. The van der Waals surface area contributed by atoms with Crippen LogP contribution < -0.4 is 19.6 Å². The Kier molecular flexibility index (Phi) is 9.02. The normalized spacial score (nSPS) is 10.8. The first-order valence-corrected chi connectivity index (χ1v) is 11.8. The first kappa shape index (κ1) is 25.4. The van der Waals surface area contributed by atoms with Crippen molar-refractivity contribution in [1.82, 2.24) is 5.43 Å². The van der Waals surface area contributed by atoms with E-state index in [-0.39, 0.29) is 6.61 Å². The maximum Gasteiger partial charge on any atom is 0.275 e. The standard InChI is InChI=1S/C23H18Br2Cl2N2O4/c1-31-18-6-4-3-5-15(18)23(30)29-28-11-14-10-19(32-2)22(21(25)20(14)24)33-12-13-7-8-16(26)17(27)9-13/h3-11H,12H2,1-2H3,(H,29,30)/b28-11-. The van der Waals surface area contributed by atoms with Gasteiger partial charge in [-0.1, -0.05) is 41.4 Å². The zero-order chi connectivity index (χ0) is 24.0. The second-order valence-corrected chi connectivity index (χ2v) is 8.96. The molecular formula is C23H18Br2Cl2N2O4. The fraction of sp³-hybridized carbons (Fsp3) is 0.130. The third kappa shape index (κ3) is 6.20. The lowest BCUT2D eigenvalue weighted by Gasteiger charge is -2.15. The van der Waals surface area contributed by atoms with Crippen molar-refractivity contribution in [3.05, 3.63) is 84.2 Å². The first-order valence-electron chi connectivity index (χ1n) is 9.44. The lowest BCUT2D eigenvalue weighted by Crippen LogP contribution is -2.18. The number of nitrogens with one attached hydrogen (secondary N) is 1. The Morgan fingerprint density at radius 3 is 2.42 bits per heavy atom. The largest absolute Gasteiger partial charge is 0.496 e. The van der Waals surface area contributed by atoms with Crippen LogP contribution in [0, 0.1) is 0 Å². The summed E-state index contributed by atoms with van der Waals surface area (Å²) in [4.78, 5) is 12.4. The summed E-state index contributed by atoms with van der Waals surface area (Å²) in [5, 5.41) is 4.98. The van der Waals surface area contributed by atoms with Gasteiger partial charge in [-0.25, -0.2) is 5.43 Å². The number of hydrogen-bond acceptors (Lipinski definition) is 5. The molecule has 0 aromatic heterocycles. The highest BCUT2D eigenvalue weighted by Crippen LogP contribution is 2.42. The van der Waals surface area contributed by atoms with Crippen LogP contribution in [0.4, 0.5) is 0 Å². The van der Waals surface area contributed by atoms with E-state index in [1.807, 2.05) is 6.07 Å². The van der Waals surface area contributed by atoms with Gasteiger partial charge in [0, 0.05) is 10.0 Å². The summed E-state index contributed by atoms with van der Waals surface area (Å²) < 4.78 is 18.0. The molecule has 0 saturated carbocycles. The summed E-state index contributed by atoms with van der Waals surface area (Å²) in [6.45, 7) is 0.251. The molecule has 0 aliphatic carbocycles. The molecule has 1 amide bonds. The van der Waals surface area contributed by atoms with E-state index in [1.165, 1.54) is 20.4 Å². The summed E-state index contributed by atoms with van der Waals surface area (Å²) in [6.07, 6.45) is 1.49. The van der Waals surface area contributed by atoms with E-state index >= 15 is 0 Å². The van der Waals surface area contributed by atoms with Gasteiger partial charge in [-0.3, -0.25) is 4.79 Å². The molecule has 33 heavy (non-hydrogen) atoms. The Hall–Kier alpha value is -2.26. The van der Waals surface area contributed by atoms with E-state index in [4.69, 9.17) is 37.4 Å². The quantitative estimate of drug-likeness (QED) is 0.221. The van der Waals surface area contributed by atoms with Crippen molar-refractivity contribution in [1.29, 1.82) is 0 Å². The number of methoxy groups -OCH3 is 2. The average molecular weight is 617 g/mol. The molecule has 0 atom stereocenters. The molecule has 3 rings (SSSR count). The molecule has 1 N–H and O–H groups in total. The Morgan fingerprint density at radius 1 is 1.00 bits per heavy atom. The first-order chi connectivity index (χ1) is 15.8. The van der Waals surface area contributed by atoms with Crippen molar-refractivity contribution in [2.24, 2.45) is 5.10 Å². The second kappa shape index (κ2) is 11.7. The van der Waals surface area contributed by atoms with E-state index < -0.39 is 5.91 Å². The molecule has 172 valence electrons. The lowest BCUT2D eigenvalue weighted by molar-refractivity contribution is 0.0952. The predicted molar refractivity (Wildman–Crippen MR) is 137 cm³/mol. The maximum atomic E-state index is 12.4. The number of hydrazone groups is 1. The Labute approximate surface area is 218 Å². The van der Waals surface area contributed by atoms with E-state index in [1.54, 1.807) is 42.5 Å². The van der Waals surface area contributed by atoms with E-state index in [0.29, 0.717) is 47.4 Å². The van der Waals surface area contributed by atoms with Gasteiger partial charge in [-0.05, 0) is 67.8 Å². The van der Waals surface area contributed by atoms with Gasteiger partial charge in [0.1, 0.15) is 12.4 Å². The maximum absolute atomic E-state index is 12.4. The van der Waals surface area contributed by atoms with Crippen molar-refractivity contribution in [2.45, 2.75) is 6.61 Å². The van der Waals surface area contributed by atoms with Gasteiger partial charge >= 0.3 is 0 Å². The number of carbonyl (C=O) groups is 1. The van der Waals surface area contributed by atoms with E-state index in [0.717, 1.165) is 5.56 Å². The Bertz CT molecular complexity index is 1210. The molecule has 0 heterocycles. The monoisotopic (exact) mass is 614 g/mol. The van der Waals surface area contributed by atoms with Crippen LogP contribution in [0.15, 0.2) is 62.6 Å². The molecule has 0 unspecified atom stereocenters. The zero-order valence-electron chi connectivity index (χ0n) is 17.5. The topological polar surface area (TPSA) is 69.2 Å². The summed E-state index contributed by atoms with van der Waals surface area (Å²) >= 11 is 19.1. The van der Waals surface area contributed by atoms with Crippen LogP contribution >= 0.6 is 55.1 Å². The van der Waals surface area contributed by atoms with Crippen LogP contribution in [0.3, 0.4) is 0 Å². The van der Waals surface area contributed by atoms with Gasteiger partial charge in [0.05, 0.1) is 40.5 Å². The van der Waals surface area contributed by atoms with Gasteiger partial charge in [-0.15, -0.1) is 0 Å². The van der Waals surface area contributed by atoms with Gasteiger partial charge in [0.15, 0.2) is 11.5 Å². The van der Waals surface area contributed by atoms with Gasteiger partial charge in [0.2, 0.25) is 0 Å². The molecule has 0 bridgehead atoms. The third-order valence-electron chi connectivity index (χ3n) is 4.46. The smallest absolute Gasteiger partial charge is 0.275 e. The van der Waals surface area contributed by atoms with Crippen LogP contribution in [0.2, 0.25) is 10.0 Å². The molecule has 0 spiro atoms. The zero-order valence-corrected chi connectivity index (χ0v) is 22.2. The number of ether oxygens (including phenoxy) is 3. The van der Waals surface area contributed by atoms with Crippen LogP contribution in [0.1, 0.15) is 21.5 Å². The molecular weight excluding hydrogens is 599 g/mol. The Balaban J connectivity index is 1.77. The van der Waals surface area contributed by atoms with Crippen molar-refractivity contribution < 1.29 is 19.0 Å². The minimum absolute atomic E-state index is 0.251. The Morgan fingerprint density at radius 2 is 1.73 bits per heavy atom. The van der Waals surface area contributed by atoms with Crippen LogP contribution in [-0.2, 0) is 6.61 Å². The van der Waals surface area contributed by atoms with Crippen LogP contribution in [0.5, 0.6) is 17.2 Å². The summed E-state index contributed by atoms with van der Waals surface area (Å²) in [5.74, 6) is 1.03. The molecule has 0 aliphatic rings. The van der Waals surface area contributed by atoms with Gasteiger partial charge in [-0.2, -0.15) is 5.10 Å². The number of carbonyl (C=O) groups excluding carboxylic acids is 1. The van der Waals surface area contributed by atoms with Crippen LogP contribution in [-0.4, -0.2) is 26.3 Å². The van der Waals surface area contributed by atoms with E-state index in [2.05, 4.69) is 42.4 Å². The highest BCUT2D eigenvalue weighted by atomic mass is 79.9. The molecule has 10 heteroatoms. The molecule has 3 aromatic carbocycles. The van der Waals surface area contributed by atoms with Gasteiger partial charge in [0.25, 0.3) is 5.91 Å². The van der Waals surface area contributed by atoms with E-state index in [9.17, 15) is 4.79 Å². The summed E-state index contributed by atoms with van der Waals surface area (Å²) in [6, 6.07) is 13.9. The number of halogens is 4. The number of para-hydroxylation sites is 1. The molecule has 0 saturated heterocycles. The summed E-state index contributed by atoms with van der Waals surface area (Å²) in [7, 11) is 3.04. The SMILES string of the molecule is COc1ccccc1C(=O)N/N=C\c1cc(OC)c(OCc2ccc(Cl)c(Cl)c2)c(Br)c1Br. The second-order valence-electron chi connectivity index (χ2n) is 6.56. The minimum Gasteiger partial charge on any atom is -0.496 e. The molecule has 0 radical (unpaired) electrons. The van der Waals surface area contributed by atoms with Crippen molar-refractivity contribution in [3.63, 3.8) is 0 Å². The minimum atomic E-state index is -0.396. The fourth-order valence-corrected chi connectivity index (χ4v) is 4.08. The highest BCUT2D eigenvalue weighted by Gasteiger charge is 2.17. The highest BCUT2D eigenvalue weighted by molar-refractivity contribution is 9.13. The number of amides is 1. The van der Waals surface area contributed by atoms with Crippen LogP contribution in [0.25, 0.3) is 0 Å². The lowest BCUT2D eigenvalue weighted by atomic mass is 10.2. The third-order valence-corrected chi connectivity index (χ3v) is 7.35. The fourth-order valence-electron chi connectivity index (χ4n) is 2.82.